The van der Waals surface area contributed by atoms with Crippen molar-refractivity contribution in [2.75, 3.05) is 26.0 Å². The van der Waals surface area contributed by atoms with Crippen molar-refractivity contribution in [1.29, 1.82) is 0 Å². The second kappa shape index (κ2) is 10.3. The third-order valence-corrected chi connectivity index (χ3v) is 4.57. The number of ether oxygens (including phenoxy) is 1. The molecule has 0 bridgehead atoms. The highest BCUT2D eigenvalue weighted by atomic mass is 16.5. The molecule has 0 heterocycles. The minimum absolute atomic E-state index is 0.0182. The van der Waals surface area contributed by atoms with Crippen molar-refractivity contribution in [3.05, 3.63) is 64.7 Å². The molecule has 0 aliphatic heterocycles. The Morgan fingerprint density at radius 3 is 2.10 bits per heavy atom. The minimum atomic E-state index is -0.616. The van der Waals surface area contributed by atoms with E-state index in [0.717, 1.165) is 11.1 Å². The summed E-state index contributed by atoms with van der Waals surface area (Å²) in [6, 6.07) is 11.8. The average molecular weight is 410 g/mol. The maximum Gasteiger partial charge on any atom is 0.306 e. The number of hydrogen-bond donors (Lipinski definition) is 1. The van der Waals surface area contributed by atoms with Gasteiger partial charge in [0.25, 0.3) is 11.8 Å². The summed E-state index contributed by atoms with van der Waals surface area (Å²) in [5.41, 5.74) is 3.64. The highest BCUT2D eigenvalue weighted by molar-refractivity contribution is 5.98. The van der Waals surface area contributed by atoms with E-state index < -0.39 is 18.5 Å². The van der Waals surface area contributed by atoms with E-state index in [0.29, 0.717) is 16.8 Å². The Labute approximate surface area is 176 Å². The molecule has 2 rings (SSSR count). The van der Waals surface area contributed by atoms with Crippen molar-refractivity contribution in [1.82, 2.24) is 4.90 Å². The number of carbonyl (C=O) groups excluding carboxylic acids is 4. The molecule has 2 aromatic rings. The number of esters is 1. The van der Waals surface area contributed by atoms with Crippen LogP contribution < -0.4 is 5.32 Å². The number of amides is 2. The Balaban J connectivity index is 1.76. The maximum atomic E-state index is 12.2. The van der Waals surface area contributed by atoms with Crippen LogP contribution in [0.15, 0.2) is 42.5 Å². The summed E-state index contributed by atoms with van der Waals surface area (Å²) < 4.78 is 4.93. The van der Waals surface area contributed by atoms with E-state index in [1.807, 2.05) is 19.9 Å². The molecule has 7 heteroatoms. The van der Waals surface area contributed by atoms with E-state index in [4.69, 9.17) is 4.74 Å². The molecule has 0 saturated heterocycles. The van der Waals surface area contributed by atoms with Crippen LogP contribution in [0.25, 0.3) is 0 Å². The lowest BCUT2D eigenvalue weighted by molar-refractivity contribution is -0.147. The summed E-state index contributed by atoms with van der Waals surface area (Å²) >= 11 is 0. The Morgan fingerprint density at radius 1 is 0.867 bits per heavy atom. The van der Waals surface area contributed by atoms with Gasteiger partial charge in [-0.15, -0.1) is 0 Å². The van der Waals surface area contributed by atoms with Crippen LogP contribution in [-0.4, -0.2) is 49.2 Å². The normalized spacial score (nSPS) is 10.3. The lowest BCUT2D eigenvalue weighted by atomic mass is 10.0. The molecular weight excluding hydrogens is 384 g/mol. The second-order valence-electron chi connectivity index (χ2n) is 7.21. The van der Waals surface area contributed by atoms with E-state index in [-0.39, 0.29) is 24.5 Å². The molecule has 0 atom stereocenters. The summed E-state index contributed by atoms with van der Waals surface area (Å²) in [6.07, 6.45) is -0.0787. The van der Waals surface area contributed by atoms with Crippen molar-refractivity contribution in [3.63, 3.8) is 0 Å². The van der Waals surface area contributed by atoms with Crippen LogP contribution in [0.1, 0.15) is 44.7 Å². The summed E-state index contributed by atoms with van der Waals surface area (Å²) in [5, 5.41) is 2.59. The summed E-state index contributed by atoms with van der Waals surface area (Å²) in [4.78, 5) is 49.3. The van der Waals surface area contributed by atoms with Gasteiger partial charge in [0.05, 0.1) is 6.42 Å². The maximum absolute atomic E-state index is 12.2. The lowest BCUT2D eigenvalue weighted by Gasteiger charge is -2.11. The van der Waals surface area contributed by atoms with Crippen LogP contribution in [0.3, 0.4) is 0 Å². The molecule has 0 saturated carbocycles. The third-order valence-electron chi connectivity index (χ3n) is 4.57. The van der Waals surface area contributed by atoms with Crippen LogP contribution in [0, 0.1) is 13.8 Å². The predicted molar refractivity (Wildman–Crippen MR) is 114 cm³/mol. The number of Topliss-reactive ketones (excluding diaryl/α,β-unsaturated/α-hetero) is 1. The number of nitrogens with one attached hydrogen (secondary N) is 1. The smallest absolute Gasteiger partial charge is 0.306 e. The monoisotopic (exact) mass is 410 g/mol. The molecule has 2 amide bonds. The van der Waals surface area contributed by atoms with Crippen molar-refractivity contribution in [2.24, 2.45) is 0 Å². The van der Waals surface area contributed by atoms with Gasteiger partial charge in [0, 0.05) is 37.3 Å². The first kappa shape index (κ1) is 22.8. The van der Waals surface area contributed by atoms with Gasteiger partial charge in [-0.3, -0.25) is 19.2 Å². The van der Waals surface area contributed by atoms with E-state index in [1.165, 1.54) is 4.90 Å². The number of rotatable bonds is 8. The van der Waals surface area contributed by atoms with Crippen molar-refractivity contribution >= 4 is 29.3 Å². The SMILES string of the molecule is Cc1ccc(C(=O)CCC(=O)OCC(=O)Nc2ccc(C(=O)N(C)C)cc2)cc1C. The van der Waals surface area contributed by atoms with Gasteiger partial charge in [0.15, 0.2) is 12.4 Å². The van der Waals surface area contributed by atoms with Crippen LogP contribution in [0.5, 0.6) is 0 Å². The Bertz CT molecular complexity index is 949. The van der Waals surface area contributed by atoms with Gasteiger partial charge < -0.3 is 15.0 Å². The molecule has 7 nitrogen and oxygen atoms in total. The summed E-state index contributed by atoms with van der Waals surface area (Å²) in [5.74, 6) is -1.41. The van der Waals surface area contributed by atoms with Gasteiger partial charge in [-0.25, -0.2) is 0 Å². The predicted octanol–water partition coefficient (Wildman–Crippen LogP) is 3.15. The summed E-state index contributed by atoms with van der Waals surface area (Å²) in [7, 11) is 3.31. The van der Waals surface area contributed by atoms with E-state index in [2.05, 4.69) is 5.32 Å². The fraction of sp³-hybridized carbons (Fsp3) is 0.304. The topological polar surface area (TPSA) is 92.8 Å². The van der Waals surface area contributed by atoms with Gasteiger partial charge in [-0.2, -0.15) is 0 Å². The van der Waals surface area contributed by atoms with Gasteiger partial charge in [0.2, 0.25) is 0 Å². The number of benzene rings is 2. The van der Waals surface area contributed by atoms with Crippen LogP contribution in [0.4, 0.5) is 5.69 Å². The molecular formula is C23H26N2O5. The molecule has 30 heavy (non-hydrogen) atoms. The Hall–Kier alpha value is -3.48. The van der Waals surface area contributed by atoms with Gasteiger partial charge in [0.1, 0.15) is 0 Å². The zero-order chi connectivity index (χ0) is 22.3. The van der Waals surface area contributed by atoms with E-state index in [1.54, 1.807) is 50.5 Å². The van der Waals surface area contributed by atoms with Gasteiger partial charge in [-0.05, 0) is 55.3 Å². The first-order valence-corrected chi connectivity index (χ1v) is 9.55. The van der Waals surface area contributed by atoms with Gasteiger partial charge in [-0.1, -0.05) is 12.1 Å². The fourth-order valence-corrected chi connectivity index (χ4v) is 2.64. The number of carbonyl (C=O) groups is 4. The first-order chi connectivity index (χ1) is 14.2. The highest BCUT2D eigenvalue weighted by Crippen LogP contribution is 2.13. The molecule has 1 N–H and O–H groups in total. The van der Waals surface area contributed by atoms with E-state index in [9.17, 15) is 19.2 Å². The molecule has 0 aliphatic carbocycles. The van der Waals surface area contributed by atoms with Crippen LogP contribution in [0.2, 0.25) is 0 Å². The largest absolute Gasteiger partial charge is 0.456 e. The van der Waals surface area contributed by atoms with Crippen LogP contribution in [-0.2, 0) is 14.3 Å². The average Bonchev–Trinajstić information content (AvgIpc) is 2.72. The Kier molecular flexibility index (Phi) is 7.86. The van der Waals surface area contributed by atoms with Crippen molar-refractivity contribution < 1.29 is 23.9 Å². The second-order valence-corrected chi connectivity index (χ2v) is 7.21. The number of aryl methyl sites for hydroxylation is 2. The molecule has 0 aliphatic rings. The fourth-order valence-electron chi connectivity index (χ4n) is 2.64. The standard InChI is InChI=1S/C23H26N2O5/c1-15-5-6-18(13-16(15)2)20(26)11-12-22(28)30-14-21(27)24-19-9-7-17(8-10-19)23(29)25(3)4/h5-10,13H,11-12,14H2,1-4H3,(H,24,27). The first-order valence-electron chi connectivity index (χ1n) is 9.55. The number of anilines is 1. The van der Waals surface area contributed by atoms with E-state index >= 15 is 0 Å². The molecule has 158 valence electrons. The number of ketones is 1. The molecule has 2 aromatic carbocycles. The van der Waals surface area contributed by atoms with Crippen LogP contribution >= 0.6 is 0 Å². The minimum Gasteiger partial charge on any atom is -0.456 e. The number of nitrogens with zero attached hydrogens (tertiary/aromatic N) is 1. The Morgan fingerprint density at radius 2 is 1.50 bits per heavy atom. The van der Waals surface area contributed by atoms with Crippen molar-refractivity contribution in [3.8, 4) is 0 Å². The molecule has 0 radical (unpaired) electrons. The molecule has 0 spiro atoms. The summed E-state index contributed by atoms with van der Waals surface area (Å²) in [6.45, 7) is 3.44. The third kappa shape index (κ3) is 6.55. The molecule has 0 fully saturated rings. The molecule has 0 unspecified atom stereocenters. The lowest BCUT2D eigenvalue weighted by Crippen LogP contribution is -2.22. The number of hydrogen-bond acceptors (Lipinski definition) is 5. The quantitative estimate of drug-likeness (QED) is 0.533. The zero-order valence-corrected chi connectivity index (χ0v) is 17.7. The molecule has 0 aromatic heterocycles. The van der Waals surface area contributed by atoms with Crippen molar-refractivity contribution in [2.45, 2.75) is 26.7 Å². The van der Waals surface area contributed by atoms with Gasteiger partial charge >= 0.3 is 5.97 Å². The highest BCUT2D eigenvalue weighted by Gasteiger charge is 2.13. The zero-order valence-electron chi connectivity index (χ0n) is 17.7.